The second-order valence-corrected chi connectivity index (χ2v) is 4.87. The SMILES string of the molecule is O=C(C=Cc1ccccc1-c1ccccn1)c1ccccc1. The van der Waals surface area contributed by atoms with Crippen LogP contribution in [0.5, 0.6) is 0 Å². The van der Waals surface area contributed by atoms with Crippen molar-refractivity contribution in [1.29, 1.82) is 0 Å². The van der Waals surface area contributed by atoms with Gasteiger partial charge < -0.3 is 0 Å². The summed E-state index contributed by atoms with van der Waals surface area (Å²) in [6.07, 6.45) is 5.22. The molecule has 0 aliphatic carbocycles. The van der Waals surface area contributed by atoms with Crippen LogP contribution < -0.4 is 0 Å². The summed E-state index contributed by atoms with van der Waals surface area (Å²) in [5.74, 6) is -0.00331. The molecule has 3 aromatic rings. The van der Waals surface area contributed by atoms with Crippen molar-refractivity contribution in [1.82, 2.24) is 4.98 Å². The average molecular weight is 285 g/mol. The Hall–Kier alpha value is -3.00. The maximum atomic E-state index is 12.2. The average Bonchev–Trinajstić information content (AvgIpc) is 2.61. The highest BCUT2D eigenvalue weighted by Gasteiger charge is 2.04. The van der Waals surface area contributed by atoms with Gasteiger partial charge in [-0.3, -0.25) is 9.78 Å². The third-order valence-corrected chi connectivity index (χ3v) is 3.37. The Labute approximate surface area is 129 Å². The summed E-state index contributed by atoms with van der Waals surface area (Å²) in [7, 11) is 0. The van der Waals surface area contributed by atoms with Gasteiger partial charge in [0.25, 0.3) is 0 Å². The van der Waals surface area contributed by atoms with Crippen LogP contribution in [0.3, 0.4) is 0 Å². The number of ketones is 1. The Morgan fingerprint density at radius 2 is 1.55 bits per heavy atom. The van der Waals surface area contributed by atoms with Crippen LogP contribution in [-0.2, 0) is 0 Å². The van der Waals surface area contributed by atoms with E-state index in [9.17, 15) is 4.79 Å². The molecule has 106 valence electrons. The number of carbonyl (C=O) groups excluding carboxylic acids is 1. The summed E-state index contributed by atoms with van der Waals surface area (Å²) in [6.45, 7) is 0. The van der Waals surface area contributed by atoms with Crippen molar-refractivity contribution >= 4 is 11.9 Å². The second kappa shape index (κ2) is 6.64. The highest BCUT2D eigenvalue weighted by molar-refractivity contribution is 6.07. The number of allylic oxidation sites excluding steroid dienone is 1. The van der Waals surface area contributed by atoms with Gasteiger partial charge in [-0.15, -0.1) is 0 Å². The highest BCUT2D eigenvalue weighted by Crippen LogP contribution is 2.22. The predicted octanol–water partition coefficient (Wildman–Crippen LogP) is 4.64. The molecule has 1 heterocycles. The fraction of sp³-hybridized carbons (Fsp3) is 0. The van der Waals surface area contributed by atoms with Gasteiger partial charge in [0.05, 0.1) is 5.69 Å². The van der Waals surface area contributed by atoms with Crippen molar-refractivity contribution in [2.45, 2.75) is 0 Å². The molecule has 0 atom stereocenters. The first-order chi connectivity index (χ1) is 10.8. The van der Waals surface area contributed by atoms with Crippen LogP contribution in [0.1, 0.15) is 15.9 Å². The zero-order chi connectivity index (χ0) is 15.2. The van der Waals surface area contributed by atoms with E-state index in [1.54, 1.807) is 12.3 Å². The summed E-state index contributed by atoms with van der Waals surface area (Å²) < 4.78 is 0. The van der Waals surface area contributed by atoms with Crippen LogP contribution in [0.15, 0.2) is 85.1 Å². The number of hydrogen-bond donors (Lipinski definition) is 0. The van der Waals surface area contributed by atoms with Crippen molar-refractivity contribution < 1.29 is 4.79 Å². The molecule has 0 fully saturated rings. The highest BCUT2D eigenvalue weighted by atomic mass is 16.1. The lowest BCUT2D eigenvalue weighted by Crippen LogP contribution is -1.93. The second-order valence-electron chi connectivity index (χ2n) is 4.87. The van der Waals surface area contributed by atoms with Crippen molar-refractivity contribution in [2.24, 2.45) is 0 Å². The van der Waals surface area contributed by atoms with E-state index >= 15 is 0 Å². The maximum Gasteiger partial charge on any atom is 0.185 e. The zero-order valence-corrected chi connectivity index (χ0v) is 12.0. The number of rotatable bonds is 4. The Morgan fingerprint density at radius 1 is 0.818 bits per heavy atom. The van der Waals surface area contributed by atoms with Gasteiger partial charge in [0.15, 0.2) is 5.78 Å². The topological polar surface area (TPSA) is 30.0 Å². The first-order valence-corrected chi connectivity index (χ1v) is 7.12. The standard InChI is InChI=1S/C20H15NO/c22-20(17-9-2-1-3-10-17)14-13-16-8-4-5-11-18(16)19-12-6-7-15-21-19/h1-15H. The summed E-state index contributed by atoms with van der Waals surface area (Å²) >= 11 is 0. The van der Waals surface area contributed by atoms with Crippen molar-refractivity contribution in [3.8, 4) is 11.3 Å². The van der Waals surface area contributed by atoms with E-state index in [0.717, 1.165) is 16.8 Å². The molecule has 0 saturated carbocycles. The molecule has 22 heavy (non-hydrogen) atoms. The molecular weight excluding hydrogens is 270 g/mol. The third-order valence-electron chi connectivity index (χ3n) is 3.37. The lowest BCUT2D eigenvalue weighted by atomic mass is 10.0. The third kappa shape index (κ3) is 3.18. The molecule has 2 heteroatoms. The Bertz CT molecular complexity index is 792. The minimum atomic E-state index is -0.00331. The Balaban J connectivity index is 1.90. The molecule has 0 aliphatic rings. The molecule has 0 N–H and O–H groups in total. The molecule has 2 nitrogen and oxygen atoms in total. The molecular formula is C20H15NO. The molecule has 3 rings (SSSR count). The maximum absolute atomic E-state index is 12.2. The van der Waals surface area contributed by atoms with Gasteiger partial charge >= 0.3 is 0 Å². The number of hydrogen-bond acceptors (Lipinski definition) is 2. The number of aromatic nitrogens is 1. The van der Waals surface area contributed by atoms with Crippen LogP contribution in [0.4, 0.5) is 0 Å². The molecule has 0 radical (unpaired) electrons. The van der Waals surface area contributed by atoms with Gasteiger partial charge in [0.1, 0.15) is 0 Å². The van der Waals surface area contributed by atoms with Crippen LogP contribution in [0.25, 0.3) is 17.3 Å². The summed E-state index contributed by atoms with van der Waals surface area (Å²) in [6, 6.07) is 23.0. The fourth-order valence-corrected chi connectivity index (χ4v) is 2.26. The number of nitrogens with zero attached hydrogens (tertiary/aromatic N) is 1. The summed E-state index contributed by atoms with van der Waals surface area (Å²) in [5, 5.41) is 0. The quantitative estimate of drug-likeness (QED) is 0.516. The molecule has 0 spiro atoms. The minimum absolute atomic E-state index is 0.00331. The van der Waals surface area contributed by atoms with E-state index in [4.69, 9.17) is 0 Å². The first-order valence-electron chi connectivity index (χ1n) is 7.12. The van der Waals surface area contributed by atoms with Crippen LogP contribution in [0.2, 0.25) is 0 Å². The predicted molar refractivity (Wildman–Crippen MR) is 89.5 cm³/mol. The number of pyridine rings is 1. The lowest BCUT2D eigenvalue weighted by molar-refractivity contribution is 0.104. The monoisotopic (exact) mass is 285 g/mol. The van der Waals surface area contributed by atoms with Gasteiger partial charge in [-0.2, -0.15) is 0 Å². The molecule has 0 saturated heterocycles. The van der Waals surface area contributed by atoms with Crippen LogP contribution >= 0.6 is 0 Å². The van der Waals surface area contributed by atoms with E-state index in [1.807, 2.05) is 78.9 Å². The van der Waals surface area contributed by atoms with E-state index in [1.165, 1.54) is 0 Å². The van der Waals surface area contributed by atoms with Crippen molar-refractivity contribution in [3.05, 3.63) is 96.2 Å². The number of benzene rings is 2. The van der Waals surface area contributed by atoms with E-state index in [2.05, 4.69) is 4.98 Å². The van der Waals surface area contributed by atoms with Gasteiger partial charge in [0.2, 0.25) is 0 Å². The zero-order valence-electron chi connectivity index (χ0n) is 12.0. The smallest absolute Gasteiger partial charge is 0.185 e. The number of carbonyl (C=O) groups is 1. The van der Waals surface area contributed by atoms with Gasteiger partial charge in [-0.05, 0) is 23.8 Å². The molecule has 2 aromatic carbocycles. The van der Waals surface area contributed by atoms with Gasteiger partial charge in [-0.1, -0.05) is 66.7 Å². The van der Waals surface area contributed by atoms with Crippen LogP contribution in [-0.4, -0.2) is 10.8 Å². The fourth-order valence-electron chi connectivity index (χ4n) is 2.26. The molecule has 1 aromatic heterocycles. The van der Waals surface area contributed by atoms with Gasteiger partial charge in [0, 0.05) is 17.3 Å². The normalized spacial score (nSPS) is 10.7. The summed E-state index contributed by atoms with van der Waals surface area (Å²) in [5.41, 5.74) is 3.58. The van der Waals surface area contributed by atoms with Gasteiger partial charge in [-0.25, -0.2) is 0 Å². The molecule has 0 unspecified atom stereocenters. The van der Waals surface area contributed by atoms with Crippen molar-refractivity contribution in [3.63, 3.8) is 0 Å². The molecule has 0 bridgehead atoms. The Kier molecular flexibility index (Phi) is 4.21. The van der Waals surface area contributed by atoms with E-state index < -0.39 is 0 Å². The largest absolute Gasteiger partial charge is 0.289 e. The molecule has 0 aliphatic heterocycles. The molecule has 0 amide bonds. The van der Waals surface area contributed by atoms with E-state index in [-0.39, 0.29) is 5.78 Å². The van der Waals surface area contributed by atoms with Crippen LogP contribution in [0, 0.1) is 0 Å². The van der Waals surface area contributed by atoms with E-state index in [0.29, 0.717) is 5.56 Å². The summed E-state index contributed by atoms with van der Waals surface area (Å²) in [4.78, 5) is 16.5. The Morgan fingerprint density at radius 3 is 2.32 bits per heavy atom. The minimum Gasteiger partial charge on any atom is -0.289 e. The van der Waals surface area contributed by atoms with Crippen molar-refractivity contribution in [2.75, 3.05) is 0 Å². The first kappa shape index (κ1) is 14.0. The lowest BCUT2D eigenvalue weighted by Gasteiger charge is -2.04.